The van der Waals surface area contributed by atoms with E-state index in [9.17, 15) is 19.5 Å². The Morgan fingerprint density at radius 3 is 2.09 bits per heavy atom. The summed E-state index contributed by atoms with van der Waals surface area (Å²) in [6, 6.07) is -2.37. The molecule has 0 unspecified atom stereocenters. The van der Waals surface area contributed by atoms with Gasteiger partial charge in [-0.2, -0.15) is 0 Å². The molecule has 0 aromatic carbocycles. The molecule has 0 fully saturated rings. The minimum Gasteiger partial charge on any atom is -0.480 e. The molecule has 4 N–H and O–H groups in total. The average molecular weight is 318 g/mol. The highest BCUT2D eigenvalue weighted by Crippen LogP contribution is 2.09. The van der Waals surface area contributed by atoms with Gasteiger partial charge in [-0.05, 0) is 26.7 Å². The van der Waals surface area contributed by atoms with Crippen LogP contribution in [0.1, 0.15) is 41.0 Å². The Kier molecular flexibility index (Phi) is 7.86. The molecular formula is C14H26N2O6. The predicted molar refractivity (Wildman–Crippen MR) is 79.3 cm³/mol. The van der Waals surface area contributed by atoms with Gasteiger partial charge >= 0.3 is 12.1 Å². The van der Waals surface area contributed by atoms with Crippen molar-refractivity contribution < 1.29 is 29.3 Å². The molecule has 0 saturated heterocycles. The smallest absolute Gasteiger partial charge is 0.408 e. The first-order chi connectivity index (χ1) is 10.0. The lowest BCUT2D eigenvalue weighted by molar-refractivity contribution is -0.143. The third-order valence-corrected chi connectivity index (χ3v) is 2.97. The number of ether oxygens (including phenoxy) is 1. The number of alkyl carbamates (subject to hydrolysis) is 1. The van der Waals surface area contributed by atoms with Crippen molar-refractivity contribution in [2.45, 2.75) is 58.7 Å². The fraction of sp³-hybridized carbons (Fsp3) is 0.786. The first kappa shape index (κ1) is 20.2. The van der Waals surface area contributed by atoms with E-state index in [4.69, 9.17) is 9.84 Å². The standard InChI is InChI=1S/C14H26N2O6/c1-6-8(2)10(12(19)20)16-11(18)9(7-17)15-13(21)22-14(3,4)5/h8-10,17H,6-7H2,1-5H3,(H,15,21)(H,16,18)(H,19,20)/t8-,9-,10-/m0/s1. The van der Waals surface area contributed by atoms with Crippen molar-refractivity contribution in [2.24, 2.45) is 5.92 Å². The third kappa shape index (κ3) is 7.26. The van der Waals surface area contributed by atoms with Crippen molar-refractivity contribution in [3.05, 3.63) is 0 Å². The zero-order chi connectivity index (χ0) is 17.5. The monoisotopic (exact) mass is 318 g/mol. The van der Waals surface area contributed by atoms with Gasteiger partial charge in [-0.25, -0.2) is 9.59 Å². The van der Waals surface area contributed by atoms with Crippen LogP contribution < -0.4 is 10.6 Å². The van der Waals surface area contributed by atoms with Crippen LogP contribution >= 0.6 is 0 Å². The SMILES string of the molecule is CC[C@H](C)[C@H](NC(=O)[C@H](CO)NC(=O)OC(C)(C)C)C(=O)O. The second-order valence-electron chi connectivity index (χ2n) is 6.09. The molecule has 0 aliphatic heterocycles. The molecule has 8 heteroatoms. The van der Waals surface area contributed by atoms with Crippen molar-refractivity contribution >= 4 is 18.0 Å². The van der Waals surface area contributed by atoms with E-state index in [1.165, 1.54) is 0 Å². The number of hydrogen-bond acceptors (Lipinski definition) is 5. The van der Waals surface area contributed by atoms with Crippen LogP contribution in [-0.4, -0.2) is 52.5 Å². The molecule has 0 rings (SSSR count). The van der Waals surface area contributed by atoms with Crippen molar-refractivity contribution in [1.29, 1.82) is 0 Å². The number of nitrogens with one attached hydrogen (secondary N) is 2. The van der Waals surface area contributed by atoms with E-state index in [0.29, 0.717) is 6.42 Å². The molecular weight excluding hydrogens is 292 g/mol. The summed E-state index contributed by atoms with van der Waals surface area (Å²) in [6.45, 7) is 7.79. The van der Waals surface area contributed by atoms with Crippen molar-refractivity contribution in [3.63, 3.8) is 0 Å². The highest BCUT2D eigenvalue weighted by molar-refractivity contribution is 5.89. The number of amides is 2. The highest BCUT2D eigenvalue weighted by atomic mass is 16.6. The number of rotatable bonds is 7. The summed E-state index contributed by atoms with van der Waals surface area (Å²) in [4.78, 5) is 34.8. The maximum atomic E-state index is 12.0. The number of hydrogen-bond donors (Lipinski definition) is 4. The molecule has 3 atom stereocenters. The van der Waals surface area contributed by atoms with Gasteiger partial charge in [0.05, 0.1) is 6.61 Å². The summed E-state index contributed by atoms with van der Waals surface area (Å²) in [5.74, 6) is -2.24. The molecule has 0 spiro atoms. The van der Waals surface area contributed by atoms with E-state index in [1.54, 1.807) is 34.6 Å². The molecule has 2 amide bonds. The summed E-state index contributed by atoms with van der Waals surface area (Å²) in [5.41, 5.74) is -0.749. The summed E-state index contributed by atoms with van der Waals surface area (Å²) in [5, 5.41) is 22.9. The van der Waals surface area contributed by atoms with E-state index >= 15 is 0 Å². The molecule has 8 nitrogen and oxygen atoms in total. The number of carbonyl (C=O) groups is 3. The summed E-state index contributed by atoms with van der Waals surface area (Å²) in [6.07, 6.45) is -0.308. The molecule has 22 heavy (non-hydrogen) atoms. The van der Waals surface area contributed by atoms with Crippen LogP contribution in [0, 0.1) is 5.92 Å². The van der Waals surface area contributed by atoms with Crippen LogP contribution in [0.5, 0.6) is 0 Å². The van der Waals surface area contributed by atoms with Gasteiger partial charge < -0.3 is 25.6 Å². The van der Waals surface area contributed by atoms with Gasteiger partial charge in [0.15, 0.2) is 0 Å². The third-order valence-electron chi connectivity index (χ3n) is 2.97. The van der Waals surface area contributed by atoms with Crippen LogP contribution in [0.4, 0.5) is 4.79 Å². The molecule has 0 aromatic heterocycles. The molecule has 0 aliphatic rings. The lowest BCUT2D eigenvalue weighted by Gasteiger charge is -2.25. The largest absolute Gasteiger partial charge is 0.480 e. The molecule has 128 valence electrons. The summed E-state index contributed by atoms with van der Waals surface area (Å²) < 4.78 is 4.98. The van der Waals surface area contributed by atoms with Crippen LogP contribution in [0.15, 0.2) is 0 Å². The van der Waals surface area contributed by atoms with Crippen LogP contribution in [-0.2, 0) is 14.3 Å². The molecule has 0 aromatic rings. The van der Waals surface area contributed by atoms with E-state index in [0.717, 1.165) is 0 Å². The van der Waals surface area contributed by atoms with Gasteiger partial charge in [0.2, 0.25) is 5.91 Å². The number of aliphatic carboxylic acids is 1. The minimum atomic E-state index is -1.28. The van der Waals surface area contributed by atoms with Crippen molar-refractivity contribution in [1.82, 2.24) is 10.6 Å². The first-order valence-electron chi connectivity index (χ1n) is 7.15. The fourth-order valence-electron chi connectivity index (χ4n) is 1.58. The summed E-state index contributed by atoms with van der Waals surface area (Å²) in [7, 11) is 0. The number of aliphatic hydroxyl groups is 1. The molecule has 0 radical (unpaired) electrons. The first-order valence-corrected chi connectivity index (χ1v) is 7.15. The van der Waals surface area contributed by atoms with Crippen LogP contribution in [0.3, 0.4) is 0 Å². The van der Waals surface area contributed by atoms with E-state index in [-0.39, 0.29) is 5.92 Å². The van der Waals surface area contributed by atoms with Gasteiger partial charge in [-0.15, -0.1) is 0 Å². The Labute approximate surface area is 130 Å². The maximum absolute atomic E-state index is 12.0. The Balaban J connectivity index is 4.77. The van der Waals surface area contributed by atoms with Gasteiger partial charge in [0.1, 0.15) is 17.7 Å². The quantitative estimate of drug-likeness (QED) is 0.541. The zero-order valence-electron chi connectivity index (χ0n) is 13.7. The Hall–Kier alpha value is -1.83. The van der Waals surface area contributed by atoms with Crippen LogP contribution in [0.2, 0.25) is 0 Å². The number of carbonyl (C=O) groups excluding carboxylic acids is 2. The average Bonchev–Trinajstić information content (AvgIpc) is 2.38. The van der Waals surface area contributed by atoms with E-state index in [1.807, 2.05) is 0 Å². The van der Waals surface area contributed by atoms with Gasteiger partial charge in [0, 0.05) is 0 Å². The second-order valence-corrected chi connectivity index (χ2v) is 6.09. The topological polar surface area (TPSA) is 125 Å². The molecule has 0 saturated carbocycles. The molecule has 0 bridgehead atoms. The zero-order valence-corrected chi connectivity index (χ0v) is 13.7. The number of carboxylic acids is 1. The minimum absolute atomic E-state index is 0.290. The fourth-order valence-corrected chi connectivity index (χ4v) is 1.58. The molecule has 0 heterocycles. The number of aliphatic hydroxyl groups excluding tert-OH is 1. The Morgan fingerprint density at radius 1 is 1.18 bits per heavy atom. The van der Waals surface area contributed by atoms with E-state index < -0.39 is 42.3 Å². The van der Waals surface area contributed by atoms with Crippen molar-refractivity contribution in [3.8, 4) is 0 Å². The van der Waals surface area contributed by atoms with Gasteiger partial charge in [-0.1, -0.05) is 20.3 Å². The Bertz CT molecular complexity index is 405. The van der Waals surface area contributed by atoms with E-state index in [2.05, 4.69) is 10.6 Å². The maximum Gasteiger partial charge on any atom is 0.408 e. The summed E-state index contributed by atoms with van der Waals surface area (Å²) >= 11 is 0. The molecule has 0 aliphatic carbocycles. The van der Waals surface area contributed by atoms with Gasteiger partial charge in [-0.3, -0.25) is 4.79 Å². The predicted octanol–water partition coefficient (Wildman–Crippen LogP) is 0.487. The van der Waals surface area contributed by atoms with Crippen molar-refractivity contribution in [2.75, 3.05) is 6.61 Å². The normalized spacial score (nSPS) is 15.4. The van der Waals surface area contributed by atoms with Crippen LogP contribution in [0.25, 0.3) is 0 Å². The Morgan fingerprint density at radius 2 is 1.73 bits per heavy atom. The number of carboxylic acid groups (broad SMARTS) is 1. The lowest BCUT2D eigenvalue weighted by Crippen LogP contribution is -2.55. The second kappa shape index (κ2) is 8.57. The lowest BCUT2D eigenvalue weighted by atomic mass is 9.99. The highest BCUT2D eigenvalue weighted by Gasteiger charge is 2.30. The van der Waals surface area contributed by atoms with Gasteiger partial charge in [0.25, 0.3) is 0 Å².